The van der Waals surface area contributed by atoms with E-state index in [0.29, 0.717) is 12.5 Å². The molecule has 1 aromatic carbocycles. The third kappa shape index (κ3) is 9.10. The first kappa shape index (κ1) is 36.6. The van der Waals surface area contributed by atoms with E-state index in [1.165, 1.54) is 31.3 Å². The summed E-state index contributed by atoms with van der Waals surface area (Å²) < 4.78 is 21.2. The molecule has 44 heavy (non-hydrogen) atoms. The molecule has 246 valence electrons. The highest BCUT2D eigenvalue weighted by Gasteiger charge is 2.44. The van der Waals surface area contributed by atoms with Crippen molar-refractivity contribution in [3.05, 3.63) is 53.7 Å². The number of aromatic nitrogens is 1. The van der Waals surface area contributed by atoms with E-state index in [0.717, 1.165) is 41.2 Å². The average molecular weight is 638 g/mol. The van der Waals surface area contributed by atoms with Crippen molar-refractivity contribution in [1.82, 2.24) is 4.98 Å². The first-order valence-corrected chi connectivity index (χ1v) is 23.0. The molecule has 1 saturated heterocycles. The third-order valence-corrected chi connectivity index (χ3v) is 19.2. The molecule has 0 unspecified atom stereocenters. The number of allylic oxidation sites excluding steroid dienone is 1. The number of hydrogen-bond donors (Lipinski definition) is 0. The molecule has 0 N–H and O–H groups in total. The predicted octanol–water partition coefficient (Wildman–Crippen LogP) is 12.1. The van der Waals surface area contributed by atoms with Crippen LogP contribution < -0.4 is 8.85 Å². The minimum absolute atomic E-state index is 0.0335. The quantitative estimate of drug-likeness (QED) is 0.132. The van der Waals surface area contributed by atoms with Gasteiger partial charge in [-0.05, 0) is 78.5 Å². The fraction of sp³-hybridized carbons (Fsp3) is 0.658. The third-order valence-electron chi connectivity index (χ3n) is 10.6. The van der Waals surface area contributed by atoms with Gasteiger partial charge in [-0.2, -0.15) is 0 Å². The summed E-state index contributed by atoms with van der Waals surface area (Å²) in [6, 6.07) is 10.5. The SMILES string of the molecule is CC[C@@H](C)CCCC/C=C1/CO[C@@H](c2c(O[Si](C)(C)C(C)(C)C)ncc(-c3ccccc3)c2O[Si](C)(C)C(C)(C)C)[C@H](C)C1. The molecule has 4 nitrogen and oxygen atoms in total. The van der Waals surface area contributed by atoms with Gasteiger partial charge in [-0.25, -0.2) is 4.98 Å². The topological polar surface area (TPSA) is 40.6 Å². The zero-order valence-electron chi connectivity index (χ0n) is 30.4. The molecule has 1 aliphatic rings. The Hall–Kier alpha value is -1.90. The van der Waals surface area contributed by atoms with E-state index in [-0.39, 0.29) is 22.1 Å². The molecule has 0 aliphatic carbocycles. The van der Waals surface area contributed by atoms with Gasteiger partial charge in [-0.15, -0.1) is 0 Å². The van der Waals surface area contributed by atoms with Crippen LogP contribution in [0.5, 0.6) is 11.6 Å². The summed E-state index contributed by atoms with van der Waals surface area (Å²) in [5.41, 5.74) is 4.55. The Morgan fingerprint density at radius 1 is 0.955 bits per heavy atom. The maximum Gasteiger partial charge on any atom is 0.252 e. The van der Waals surface area contributed by atoms with Crippen LogP contribution in [-0.2, 0) is 4.74 Å². The van der Waals surface area contributed by atoms with Crippen molar-refractivity contribution < 1.29 is 13.6 Å². The van der Waals surface area contributed by atoms with Gasteiger partial charge in [0.25, 0.3) is 16.6 Å². The molecule has 0 amide bonds. The van der Waals surface area contributed by atoms with E-state index in [9.17, 15) is 0 Å². The Labute approximate surface area is 272 Å². The Morgan fingerprint density at radius 2 is 1.57 bits per heavy atom. The standard InChI is InChI=1S/C38H63NO3Si2/c1-14-28(2)21-17-15-18-22-30-25-29(3)34(40-27-30)33-35(41-43(10,11)37(4,5)6)32(31-23-19-16-20-24-31)26-39-36(33)42-44(12,13)38(7,8)9/h16,19-20,22-24,26,28-29,34H,14-15,17-18,21,25,27H2,1-13H3/b30-22+/t28-,29-,34-/m1/s1. The minimum atomic E-state index is -2.23. The van der Waals surface area contributed by atoms with Crippen LogP contribution in [-0.4, -0.2) is 28.2 Å². The van der Waals surface area contributed by atoms with E-state index in [1.54, 1.807) is 0 Å². The van der Waals surface area contributed by atoms with Crippen molar-refractivity contribution in [3.8, 4) is 22.8 Å². The lowest BCUT2D eigenvalue weighted by atomic mass is 9.87. The Kier molecular flexibility index (Phi) is 12.2. The van der Waals surface area contributed by atoms with Crippen molar-refractivity contribution in [2.24, 2.45) is 11.8 Å². The fourth-order valence-corrected chi connectivity index (χ4v) is 7.15. The van der Waals surface area contributed by atoms with Gasteiger partial charge in [0.05, 0.1) is 18.3 Å². The fourth-order valence-electron chi connectivity index (χ4n) is 5.16. The first-order valence-electron chi connectivity index (χ1n) is 17.1. The smallest absolute Gasteiger partial charge is 0.252 e. The van der Waals surface area contributed by atoms with Gasteiger partial charge in [0, 0.05) is 11.8 Å². The maximum absolute atomic E-state index is 7.31. The van der Waals surface area contributed by atoms with Gasteiger partial charge in [0.15, 0.2) is 0 Å². The monoisotopic (exact) mass is 637 g/mol. The predicted molar refractivity (Wildman–Crippen MR) is 194 cm³/mol. The zero-order valence-corrected chi connectivity index (χ0v) is 32.4. The summed E-state index contributed by atoms with van der Waals surface area (Å²) in [6.07, 6.45) is 11.6. The summed E-state index contributed by atoms with van der Waals surface area (Å²) in [7, 11) is -4.44. The summed E-state index contributed by atoms with van der Waals surface area (Å²) in [4.78, 5) is 5.08. The molecule has 1 aromatic heterocycles. The molecule has 0 bridgehead atoms. The second kappa shape index (κ2) is 14.7. The van der Waals surface area contributed by atoms with Crippen LogP contribution in [0.2, 0.25) is 36.3 Å². The highest BCUT2D eigenvalue weighted by atomic mass is 28.4. The number of benzene rings is 1. The van der Waals surface area contributed by atoms with Crippen molar-refractivity contribution >= 4 is 16.6 Å². The maximum atomic E-state index is 7.31. The summed E-state index contributed by atoms with van der Waals surface area (Å²) in [5.74, 6) is 2.69. The van der Waals surface area contributed by atoms with Gasteiger partial charge in [-0.1, -0.05) is 118 Å². The number of ether oxygens (including phenoxy) is 1. The van der Waals surface area contributed by atoms with Crippen molar-refractivity contribution in [2.45, 2.75) is 143 Å². The van der Waals surface area contributed by atoms with Gasteiger partial charge in [0.1, 0.15) is 5.75 Å². The van der Waals surface area contributed by atoms with Crippen molar-refractivity contribution in [3.63, 3.8) is 0 Å². The van der Waals surface area contributed by atoms with Crippen LogP contribution in [0, 0.1) is 11.8 Å². The van der Waals surface area contributed by atoms with Gasteiger partial charge >= 0.3 is 0 Å². The Bertz CT molecular complexity index is 1240. The molecule has 2 heterocycles. The molecule has 0 radical (unpaired) electrons. The first-order chi connectivity index (χ1) is 20.4. The highest BCUT2D eigenvalue weighted by molar-refractivity contribution is 6.75. The number of nitrogens with zero attached hydrogens (tertiary/aromatic N) is 1. The number of unbranched alkanes of at least 4 members (excludes halogenated alkanes) is 2. The lowest BCUT2D eigenvalue weighted by molar-refractivity contribution is 0.00220. The van der Waals surface area contributed by atoms with Crippen LogP contribution in [0.25, 0.3) is 11.1 Å². The van der Waals surface area contributed by atoms with E-state index in [1.807, 2.05) is 6.20 Å². The number of pyridine rings is 1. The van der Waals surface area contributed by atoms with Gasteiger partial charge in [-0.3, -0.25) is 0 Å². The molecule has 3 atom stereocenters. The Balaban J connectivity index is 2.09. The molecule has 0 saturated carbocycles. The van der Waals surface area contributed by atoms with E-state index in [2.05, 4.69) is 125 Å². The second-order valence-corrected chi connectivity index (χ2v) is 25.8. The molecule has 3 rings (SSSR count). The summed E-state index contributed by atoms with van der Waals surface area (Å²) >= 11 is 0. The van der Waals surface area contributed by atoms with Crippen LogP contribution >= 0.6 is 0 Å². The minimum Gasteiger partial charge on any atom is -0.543 e. The van der Waals surface area contributed by atoms with Crippen LogP contribution in [0.1, 0.15) is 113 Å². The average Bonchev–Trinajstić information content (AvgIpc) is 2.92. The van der Waals surface area contributed by atoms with Gasteiger partial charge in [0.2, 0.25) is 5.88 Å². The largest absolute Gasteiger partial charge is 0.543 e. The highest BCUT2D eigenvalue weighted by Crippen LogP contribution is 2.51. The number of hydrogen-bond acceptors (Lipinski definition) is 4. The molecule has 1 fully saturated rings. The molecule has 6 heteroatoms. The number of rotatable bonds is 12. The van der Waals surface area contributed by atoms with E-state index < -0.39 is 16.6 Å². The molecule has 0 spiro atoms. The summed E-state index contributed by atoms with van der Waals surface area (Å²) in [6.45, 7) is 30.6. The molecule has 1 aliphatic heterocycles. The van der Waals surface area contributed by atoms with Crippen LogP contribution in [0.3, 0.4) is 0 Å². The van der Waals surface area contributed by atoms with Crippen LogP contribution in [0.15, 0.2) is 48.2 Å². The Morgan fingerprint density at radius 3 is 2.14 bits per heavy atom. The van der Waals surface area contributed by atoms with Crippen molar-refractivity contribution in [1.29, 1.82) is 0 Å². The second-order valence-electron chi connectivity index (χ2n) is 16.4. The normalized spacial score (nSPS) is 20.1. The van der Waals surface area contributed by atoms with Crippen molar-refractivity contribution in [2.75, 3.05) is 6.61 Å². The van der Waals surface area contributed by atoms with Gasteiger partial charge < -0.3 is 13.6 Å². The summed E-state index contributed by atoms with van der Waals surface area (Å²) in [5, 5.41) is 0.0696. The lowest BCUT2D eigenvalue weighted by Gasteiger charge is -2.41. The zero-order chi connectivity index (χ0) is 32.9. The molecular weight excluding hydrogens is 575 g/mol. The molecule has 2 aromatic rings. The lowest BCUT2D eigenvalue weighted by Crippen LogP contribution is -2.45. The van der Waals surface area contributed by atoms with E-state index in [4.69, 9.17) is 18.6 Å². The van der Waals surface area contributed by atoms with E-state index >= 15 is 0 Å². The molecular formula is C38H63NO3Si2. The van der Waals surface area contributed by atoms with Crippen LogP contribution in [0.4, 0.5) is 0 Å².